The van der Waals surface area contributed by atoms with Crippen molar-refractivity contribution in [1.29, 1.82) is 0 Å². The number of imide groups is 1. The largest absolute Gasteiger partial charge is 0.392 e. The fourth-order valence-corrected chi connectivity index (χ4v) is 13.5. The molecule has 7 heterocycles. The third kappa shape index (κ3) is 9.42. The molecule has 77 heavy (non-hydrogen) atoms. The predicted octanol–water partition coefficient (Wildman–Crippen LogP) is 8.23. The summed E-state index contributed by atoms with van der Waals surface area (Å²) in [6, 6.07) is 13.9. The Balaban J connectivity index is 0.776. The first-order chi connectivity index (χ1) is 36.7. The zero-order valence-electron chi connectivity index (χ0n) is 45.9. The van der Waals surface area contributed by atoms with Gasteiger partial charge in [-0.1, -0.05) is 34.3 Å². The molecule has 3 N–H and O–H groups in total. The zero-order valence-corrected chi connectivity index (χ0v) is 45.9. The fourth-order valence-electron chi connectivity index (χ4n) is 13.5. The van der Waals surface area contributed by atoms with E-state index in [0.29, 0.717) is 70.0 Å². The van der Waals surface area contributed by atoms with Gasteiger partial charge in [-0.15, -0.1) is 0 Å². The number of rotatable bonds is 11. The van der Waals surface area contributed by atoms with Crippen molar-refractivity contribution < 1.29 is 24.3 Å². The van der Waals surface area contributed by atoms with E-state index in [2.05, 4.69) is 89.9 Å². The van der Waals surface area contributed by atoms with E-state index in [9.17, 15) is 29.1 Å². The average Bonchev–Trinajstić information content (AvgIpc) is 4.11. The number of carbonyl (C=O) groups excluding carboxylic acids is 4. The topological polar surface area (TPSA) is 181 Å². The van der Waals surface area contributed by atoms with Crippen molar-refractivity contribution in [2.75, 3.05) is 58.1 Å². The minimum atomic E-state index is -0.414. The average molecular weight is 1040 g/mol. The van der Waals surface area contributed by atoms with Crippen molar-refractivity contribution in [3.8, 4) is 11.3 Å². The van der Waals surface area contributed by atoms with E-state index in [1.165, 1.54) is 21.9 Å². The molecule has 0 spiro atoms. The quantitative estimate of drug-likeness (QED) is 0.0853. The van der Waals surface area contributed by atoms with Crippen molar-refractivity contribution in [2.45, 2.75) is 137 Å². The van der Waals surface area contributed by atoms with E-state index in [-0.39, 0.29) is 64.0 Å². The first kappa shape index (κ1) is 52.0. The number of aromatic nitrogens is 4. The van der Waals surface area contributed by atoms with Gasteiger partial charge in [-0.25, -0.2) is 9.97 Å². The highest BCUT2D eigenvalue weighted by Gasteiger charge is 2.44. The van der Waals surface area contributed by atoms with Gasteiger partial charge in [-0.3, -0.25) is 38.7 Å². The molecule has 5 aromatic rings. The standard InChI is InChI=1S/C60H73N11O6/c1-10-52(73)63-46-28-39(62-53-58(77)65(9)33-47(64-53)42-15-19-61-54(45(42)34-72)70-24-23-69-50(57(70)76)27-38-30-60(7,8)31-51(38)69)11-12-48(46)68-22-21-66(32-37(68)4)41-16-20-67(36(3)26-41)49-29-44-43(25-35(49)2)55(74)71(56(44)75)40-13-17-59(5,6)18-14-40/h10-12,15,19,25,27-29,33,36-37,40-41,72H,1,13-14,16-18,20-24,26,30-32,34H2,2-9H3,(H,62,64)(H,63,73)/t36-,37+,41?/m1/s1. The molecule has 2 aromatic carbocycles. The molecule has 2 saturated heterocycles. The van der Waals surface area contributed by atoms with Crippen molar-refractivity contribution in [2.24, 2.45) is 17.9 Å². The molecule has 2 aliphatic carbocycles. The minimum absolute atomic E-state index is 0.0352. The summed E-state index contributed by atoms with van der Waals surface area (Å²) >= 11 is 0. The third-order valence-electron chi connectivity index (χ3n) is 17.7. The van der Waals surface area contributed by atoms with Crippen LogP contribution in [0.15, 0.2) is 72.3 Å². The van der Waals surface area contributed by atoms with Crippen LogP contribution in [0.1, 0.15) is 134 Å². The number of piperidine rings is 1. The lowest BCUT2D eigenvalue weighted by molar-refractivity contribution is -0.111. The van der Waals surface area contributed by atoms with Crippen LogP contribution in [0.2, 0.25) is 0 Å². The van der Waals surface area contributed by atoms with E-state index < -0.39 is 6.61 Å². The van der Waals surface area contributed by atoms with Crippen LogP contribution in [-0.4, -0.2) is 115 Å². The highest BCUT2D eigenvalue weighted by molar-refractivity contribution is 6.22. The molecular weight excluding hydrogens is 971 g/mol. The summed E-state index contributed by atoms with van der Waals surface area (Å²) in [5.41, 5.74) is 9.47. The summed E-state index contributed by atoms with van der Waals surface area (Å²) in [6.45, 7) is 23.0. The van der Waals surface area contributed by atoms with Crippen LogP contribution in [0.4, 0.5) is 34.4 Å². The van der Waals surface area contributed by atoms with Gasteiger partial charge in [0.05, 0.1) is 34.8 Å². The number of aliphatic hydroxyl groups is 1. The number of aryl methyl sites for hydroxylation is 2. The van der Waals surface area contributed by atoms with Gasteiger partial charge in [0.15, 0.2) is 5.82 Å². The molecule has 1 unspecified atom stereocenters. The Morgan fingerprint density at radius 1 is 0.818 bits per heavy atom. The maximum absolute atomic E-state index is 14.1. The summed E-state index contributed by atoms with van der Waals surface area (Å²) in [7, 11) is 1.64. The fraction of sp³-hybridized carbons (Fsp3) is 0.483. The molecule has 6 aliphatic rings. The van der Waals surface area contributed by atoms with E-state index in [0.717, 1.165) is 94.5 Å². The van der Waals surface area contributed by atoms with E-state index in [1.807, 2.05) is 30.3 Å². The number of amides is 4. The van der Waals surface area contributed by atoms with Gasteiger partial charge in [0.1, 0.15) is 11.5 Å². The highest BCUT2D eigenvalue weighted by Crippen LogP contribution is 2.43. The molecule has 3 fully saturated rings. The summed E-state index contributed by atoms with van der Waals surface area (Å²) in [4.78, 5) is 88.4. The zero-order chi connectivity index (χ0) is 54.4. The Morgan fingerprint density at radius 3 is 2.27 bits per heavy atom. The van der Waals surface area contributed by atoms with Crippen LogP contribution in [-0.2, 0) is 37.8 Å². The van der Waals surface area contributed by atoms with Crippen LogP contribution < -0.4 is 30.9 Å². The van der Waals surface area contributed by atoms with Crippen LogP contribution in [0.3, 0.4) is 0 Å². The number of benzene rings is 2. The third-order valence-corrected chi connectivity index (χ3v) is 17.7. The number of aliphatic hydroxyl groups excluding tert-OH is 1. The molecule has 17 heteroatoms. The first-order valence-electron chi connectivity index (χ1n) is 27.6. The SMILES string of the molecule is C=CC(=O)Nc1cc(Nc2nc(-c3ccnc(N4CCn5c(cc6c5CC(C)(C)C6)C4=O)c3CO)cn(C)c2=O)ccc1N1CCN(C2CCN(c3cc4c(cc3C)C(=O)N(C3CCC(C)(C)CC3)C4=O)[C@H](C)C2)C[C@@H]1C. The van der Waals surface area contributed by atoms with Gasteiger partial charge in [0.2, 0.25) is 5.91 Å². The highest BCUT2D eigenvalue weighted by atomic mass is 16.3. The van der Waals surface area contributed by atoms with Crippen LogP contribution in [0.5, 0.6) is 0 Å². The monoisotopic (exact) mass is 1040 g/mol. The van der Waals surface area contributed by atoms with Crippen LogP contribution >= 0.6 is 0 Å². The Labute approximate surface area is 450 Å². The molecular formula is C60H73N11O6. The van der Waals surface area contributed by atoms with E-state index in [4.69, 9.17) is 4.98 Å². The van der Waals surface area contributed by atoms with Crippen molar-refractivity contribution in [1.82, 2.24) is 28.9 Å². The number of nitrogens with one attached hydrogen (secondary N) is 2. The van der Waals surface area contributed by atoms with Gasteiger partial charge < -0.3 is 34.7 Å². The maximum atomic E-state index is 14.1. The Morgan fingerprint density at radius 2 is 1.56 bits per heavy atom. The van der Waals surface area contributed by atoms with E-state index in [1.54, 1.807) is 41.4 Å². The number of nitrogens with zero attached hydrogens (tertiary/aromatic N) is 9. The predicted molar refractivity (Wildman–Crippen MR) is 300 cm³/mol. The number of hydrogen-bond acceptors (Lipinski definition) is 12. The summed E-state index contributed by atoms with van der Waals surface area (Å²) in [5, 5.41) is 17.1. The second kappa shape index (κ2) is 19.7. The lowest BCUT2D eigenvalue weighted by Gasteiger charge is -2.48. The molecule has 3 aromatic heterocycles. The molecule has 4 aliphatic heterocycles. The molecule has 404 valence electrons. The molecule has 0 radical (unpaired) electrons. The minimum Gasteiger partial charge on any atom is -0.392 e. The van der Waals surface area contributed by atoms with Crippen molar-refractivity contribution >= 4 is 58.0 Å². The molecule has 11 rings (SSSR count). The van der Waals surface area contributed by atoms with Crippen molar-refractivity contribution in [3.63, 3.8) is 0 Å². The second-order valence-corrected chi connectivity index (χ2v) is 24.2. The summed E-state index contributed by atoms with van der Waals surface area (Å²) < 4.78 is 3.57. The lowest BCUT2D eigenvalue weighted by Crippen LogP contribution is -2.58. The molecule has 17 nitrogen and oxygen atoms in total. The van der Waals surface area contributed by atoms with E-state index >= 15 is 0 Å². The van der Waals surface area contributed by atoms with Crippen LogP contribution in [0.25, 0.3) is 11.3 Å². The number of pyridine rings is 1. The summed E-state index contributed by atoms with van der Waals surface area (Å²) in [6.07, 6.45) is 11.9. The number of piperazine rings is 1. The number of carbonyl (C=O) groups is 4. The first-order valence-corrected chi connectivity index (χ1v) is 27.6. The van der Waals surface area contributed by atoms with Gasteiger partial charge in [0, 0.05) is 111 Å². The Bertz CT molecular complexity index is 3310. The van der Waals surface area contributed by atoms with Gasteiger partial charge in [0.25, 0.3) is 23.3 Å². The Kier molecular flexibility index (Phi) is 13.3. The number of fused-ring (bicyclic) bond motifs is 4. The molecule has 0 bridgehead atoms. The second-order valence-electron chi connectivity index (χ2n) is 24.2. The summed E-state index contributed by atoms with van der Waals surface area (Å²) in [5.74, 6) is -0.449. The maximum Gasteiger partial charge on any atom is 0.293 e. The number of anilines is 6. The molecule has 4 amide bonds. The van der Waals surface area contributed by atoms with Crippen molar-refractivity contribution in [3.05, 3.63) is 117 Å². The number of hydrogen-bond donors (Lipinski definition) is 3. The normalized spacial score (nSPS) is 22.3. The van der Waals surface area contributed by atoms with Gasteiger partial charge in [-0.05, 0) is 143 Å². The van der Waals surface area contributed by atoms with Crippen LogP contribution in [0, 0.1) is 17.8 Å². The lowest BCUT2D eigenvalue weighted by atomic mass is 9.75. The van der Waals surface area contributed by atoms with Gasteiger partial charge in [-0.2, -0.15) is 0 Å². The smallest absolute Gasteiger partial charge is 0.293 e. The van der Waals surface area contributed by atoms with Gasteiger partial charge >= 0.3 is 0 Å². The Hall–Kier alpha value is -7.11. The molecule has 3 atom stereocenters. The molecule has 1 saturated carbocycles.